The molecule has 2 aliphatic heterocycles. The SMILES string of the molecule is CC(C)(C)c1cc(N2c3cc4c(ccc5ccccc54)cc3B3c4cc5ccc6ccccc6c5cc4N(c4cc(C(C)(C)C)cc(C(C)(C)C)c4)c4cc(-c5cccc6c5-c5ccccc5C65c6ccccc6-c6ccccc65)cc2c43)cc(C(C)(C)C)c1. The van der Waals surface area contributed by atoms with E-state index in [1.54, 1.807) is 0 Å². The van der Waals surface area contributed by atoms with Crippen LogP contribution in [0.4, 0.5) is 34.1 Å². The monoisotopic (exact) mass is 1160 g/mol. The molecule has 0 saturated heterocycles. The molecule has 0 N–H and O–H groups in total. The van der Waals surface area contributed by atoms with E-state index in [9.17, 15) is 0 Å². The van der Waals surface area contributed by atoms with Gasteiger partial charge in [-0.05, 0) is 208 Å². The first-order valence-corrected chi connectivity index (χ1v) is 32.6. The molecule has 0 bridgehead atoms. The summed E-state index contributed by atoms with van der Waals surface area (Å²) in [7, 11) is 0. The molecular weight excluding hydrogens is 1080 g/mol. The smallest absolute Gasteiger partial charge is 0.252 e. The van der Waals surface area contributed by atoms with Gasteiger partial charge in [-0.15, -0.1) is 0 Å². The minimum absolute atomic E-state index is 0.132. The van der Waals surface area contributed by atoms with E-state index in [1.165, 1.54) is 171 Å². The van der Waals surface area contributed by atoms with E-state index in [1.807, 2.05) is 0 Å². The van der Waals surface area contributed by atoms with Crippen LogP contribution < -0.4 is 26.2 Å². The maximum atomic E-state index is 2.71. The standard InChI is InChI=1S/C87H75BN2/c1-83(2,3)57-44-58(84(4,5)6)47-61(46-57)89-77-50-69-54(38-36-52-24-13-15-26-63(52)69)40-75(77)88-76-41-55-39-37-53-25-14-16-27-64(53)70(55)51-78(76)90(62-48-59(85(7,8)9)45-60(49-62)86(10,11)12)80-43-56(42-79(89)82(80)88)65-31-23-35-74-81(65)68-30-19-22-34-73(68)87(74)71-32-20-17-28-66(71)67-29-18-21-33-72(67)87/h13-51H,1-12H3. The molecular formula is C87H75BN2. The second-order valence-electron chi connectivity index (χ2n) is 30.5. The Bertz CT molecular complexity index is 4920. The molecule has 17 rings (SSSR count). The topological polar surface area (TPSA) is 6.48 Å². The lowest BCUT2D eigenvalue weighted by molar-refractivity contribution is 0.568. The summed E-state index contributed by atoms with van der Waals surface area (Å²) in [6.45, 7) is 28.4. The van der Waals surface area contributed by atoms with E-state index < -0.39 is 5.41 Å². The average molecular weight is 1160 g/mol. The van der Waals surface area contributed by atoms with Crippen LogP contribution in [0, 0.1) is 0 Å². The van der Waals surface area contributed by atoms with Crippen LogP contribution in [-0.2, 0) is 27.1 Å². The molecule has 13 aromatic carbocycles. The van der Waals surface area contributed by atoms with Crippen LogP contribution in [0.2, 0.25) is 0 Å². The number of hydrogen-bond acceptors (Lipinski definition) is 2. The Morgan fingerprint density at radius 1 is 0.289 bits per heavy atom. The Hall–Kier alpha value is -9.44. The van der Waals surface area contributed by atoms with Crippen molar-refractivity contribution in [3.05, 3.63) is 281 Å². The molecule has 4 aliphatic rings. The first-order valence-electron chi connectivity index (χ1n) is 32.6. The van der Waals surface area contributed by atoms with Crippen molar-refractivity contribution in [2.24, 2.45) is 0 Å². The average Bonchev–Trinajstić information content (AvgIpc) is 1.31. The third kappa shape index (κ3) is 7.84. The van der Waals surface area contributed by atoms with Crippen LogP contribution in [-0.4, -0.2) is 6.71 Å². The Kier molecular flexibility index (Phi) is 11.4. The normalized spacial score (nSPS) is 14.5. The number of nitrogens with zero attached hydrogens (tertiary/aromatic N) is 2. The molecule has 0 fully saturated rings. The third-order valence-corrected chi connectivity index (χ3v) is 20.9. The minimum atomic E-state index is -0.500. The fourth-order valence-electron chi connectivity index (χ4n) is 16.3. The number of anilines is 6. The van der Waals surface area contributed by atoms with Crippen LogP contribution in [0.1, 0.15) is 128 Å². The van der Waals surface area contributed by atoms with E-state index in [4.69, 9.17) is 0 Å². The van der Waals surface area contributed by atoms with Crippen LogP contribution >= 0.6 is 0 Å². The quantitative estimate of drug-likeness (QED) is 0.128. The van der Waals surface area contributed by atoms with Crippen molar-refractivity contribution < 1.29 is 0 Å². The van der Waals surface area contributed by atoms with Gasteiger partial charge in [0.15, 0.2) is 0 Å². The molecule has 1 spiro atoms. The van der Waals surface area contributed by atoms with Gasteiger partial charge < -0.3 is 9.80 Å². The molecule has 2 heterocycles. The van der Waals surface area contributed by atoms with E-state index in [0.717, 1.165) is 0 Å². The summed E-state index contributed by atoms with van der Waals surface area (Å²) >= 11 is 0. The molecule has 0 atom stereocenters. The maximum Gasteiger partial charge on any atom is 0.252 e. The van der Waals surface area contributed by atoms with Crippen molar-refractivity contribution in [1.29, 1.82) is 0 Å². The van der Waals surface area contributed by atoms with Gasteiger partial charge in [-0.25, -0.2) is 0 Å². The minimum Gasteiger partial charge on any atom is -0.311 e. The fourth-order valence-corrected chi connectivity index (χ4v) is 16.3. The Morgan fingerprint density at radius 2 is 0.656 bits per heavy atom. The summed E-state index contributed by atoms with van der Waals surface area (Å²) in [6.07, 6.45) is 0. The predicted octanol–water partition coefficient (Wildman–Crippen LogP) is 21.6. The zero-order valence-corrected chi connectivity index (χ0v) is 54.0. The van der Waals surface area contributed by atoms with Crippen molar-refractivity contribution in [2.75, 3.05) is 9.80 Å². The van der Waals surface area contributed by atoms with Crippen molar-refractivity contribution >= 4 is 100 Å². The van der Waals surface area contributed by atoms with Gasteiger partial charge >= 0.3 is 0 Å². The van der Waals surface area contributed by atoms with Gasteiger partial charge in [-0.3, -0.25) is 0 Å². The summed E-state index contributed by atoms with van der Waals surface area (Å²) in [5, 5.41) is 10.0. The highest BCUT2D eigenvalue weighted by Gasteiger charge is 2.53. The van der Waals surface area contributed by atoms with Gasteiger partial charge in [0.25, 0.3) is 6.71 Å². The Morgan fingerprint density at radius 3 is 1.10 bits per heavy atom. The zero-order chi connectivity index (χ0) is 61.7. The molecule has 0 saturated carbocycles. The Labute approximate surface area is 531 Å². The molecule has 0 radical (unpaired) electrons. The highest BCUT2D eigenvalue weighted by molar-refractivity contribution is 7.00. The molecule has 436 valence electrons. The largest absolute Gasteiger partial charge is 0.311 e. The summed E-state index contributed by atoms with van der Waals surface area (Å²) in [5.41, 5.74) is 28.5. The molecule has 0 amide bonds. The first-order chi connectivity index (χ1) is 43.1. The summed E-state index contributed by atoms with van der Waals surface area (Å²) < 4.78 is 0. The lowest BCUT2D eigenvalue weighted by atomic mass is 9.33. The van der Waals surface area contributed by atoms with Crippen molar-refractivity contribution in [1.82, 2.24) is 0 Å². The molecule has 2 aliphatic carbocycles. The van der Waals surface area contributed by atoms with Gasteiger partial charge in [0.05, 0.1) is 5.41 Å². The van der Waals surface area contributed by atoms with Gasteiger partial charge in [-0.2, -0.15) is 0 Å². The molecule has 3 heteroatoms. The van der Waals surface area contributed by atoms with Crippen LogP contribution in [0.25, 0.3) is 76.5 Å². The van der Waals surface area contributed by atoms with E-state index in [-0.39, 0.29) is 28.4 Å². The number of fused-ring (bicyclic) bond motifs is 20. The van der Waals surface area contributed by atoms with Crippen LogP contribution in [0.5, 0.6) is 0 Å². The summed E-state index contributed by atoms with van der Waals surface area (Å²) in [4.78, 5) is 5.43. The lowest BCUT2D eigenvalue weighted by Gasteiger charge is -2.45. The number of benzene rings is 13. The zero-order valence-electron chi connectivity index (χ0n) is 54.0. The van der Waals surface area contributed by atoms with Gasteiger partial charge in [0.2, 0.25) is 0 Å². The van der Waals surface area contributed by atoms with E-state index in [2.05, 4.69) is 329 Å². The molecule has 2 nitrogen and oxygen atoms in total. The second kappa shape index (κ2) is 18.8. The van der Waals surface area contributed by atoms with Gasteiger partial charge in [0, 0.05) is 34.1 Å². The molecule has 13 aromatic rings. The van der Waals surface area contributed by atoms with Crippen LogP contribution in [0.3, 0.4) is 0 Å². The number of rotatable bonds is 3. The van der Waals surface area contributed by atoms with Crippen molar-refractivity contribution in [3.63, 3.8) is 0 Å². The van der Waals surface area contributed by atoms with E-state index >= 15 is 0 Å². The Balaban J connectivity index is 1.06. The van der Waals surface area contributed by atoms with Crippen molar-refractivity contribution in [2.45, 2.75) is 110 Å². The first kappa shape index (κ1) is 54.7. The van der Waals surface area contributed by atoms with Gasteiger partial charge in [0.1, 0.15) is 0 Å². The highest BCUT2D eigenvalue weighted by Crippen LogP contribution is 2.64. The lowest BCUT2D eigenvalue weighted by Crippen LogP contribution is -2.61. The molecule has 0 unspecified atom stereocenters. The maximum absolute atomic E-state index is 2.71. The van der Waals surface area contributed by atoms with Crippen molar-refractivity contribution in [3.8, 4) is 33.4 Å². The van der Waals surface area contributed by atoms with E-state index in [0.29, 0.717) is 0 Å². The summed E-state index contributed by atoms with van der Waals surface area (Å²) in [5.74, 6) is 0. The molecule has 0 aromatic heterocycles. The van der Waals surface area contributed by atoms with Crippen LogP contribution in [0.15, 0.2) is 237 Å². The summed E-state index contributed by atoms with van der Waals surface area (Å²) in [6, 6.07) is 92.9. The second-order valence-corrected chi connectivity index (χ2v) is 30.5. The predicted molar refractivity (Wildman–Crippen MR) is 387 cm³/mol. The molecule has 90 heavy (non-hydrogen) atoms. The fraction of sp³-hybridized carbons (Fsp3) is 0.195. The van der Waals surface area contributed by atoms with Gasteiger partial charge in [-0.1, -0.05) is 271 Å². The highest BCUT2D eigenvalue weighted by atomic mass is 15.2. The number of hydrogen-bond donors (Lipinski definition) is 0. The third-order valence-electron chi connectivity index (χ3n) is 20.9.